The van der Waals surface area contributed by atoms with Crippen LogP contribution in [0.1, 0.15) is 27.0 Å². The number of benzene rings is 2. The number of carbonyl (C=O) groups is 1. The summed E-state index contributed by atoms with van der Waals surface area (Å²) in [6.45, 7) is 2.44. The van der Waals surface area contributed by atoms with E-state index in [4.69, 9.17) is 11.6 Å². The third-order valence-electron chi connectivity index (χ3n) is 3.06. The molecule has 2 aromatic rings. The van der Waals surface area contributed by atoms with Gasteiger partial charge >= 0.3 is 0 Å². The Balaban J connectivity index is 2.00. The highest BCUT2D eigenvalue weighted by atomic mass is 79.9. The Kier molecular flexibility index (Phi) is 5.21. The van der Waals surface area contributed by atoms with Gasteiger partial charge in [0, 0.05) is 22.5 Å². The number of nitrogens with one attached hydrogen (secondary N) is 1. The van der Waals surface area contributed by atoms with Crippen molar-refractivity contribution in [1.29, 1.82) is 0 Å². The van der Waals surface area contributed by atoms with Gasteiger partial charge in [-0.2, -0.15) is 0 Å². The zero-order valence-corrected chi connectivity index (χ0v) is 13.5. The van der Waals surface area contributed by atoms with E-state index in [-0.39, 0.29) is 5.91 Å². The first-order valence-electron chi connectivity index (χ1n) is 6.28. The minimum Gasteiger partial charge on any atom is -0.348 e. The van der Waals surface area contributed by atoms with Crippen LogP contribution in [0.4, 0.5) is 0 Å². The van der Waals surface area contributed by atoms with E-state index in [0.29, 0.717) is 18.0 Å². The Bertz CT molecular complexity index is 610. The minimum atomic E-state index is -0.0589. The number of hydrogen-bond donors (Lipinski definition) is 1. The molecule has 0 saturated heterocycles. The molecule has 1 N–H and O–H groups in total. The first-order chi connectivity index (χ1) is 9.60. The number of aryl methyl sites for hydroxylation is 1. The van der Waals surface area contributed by atoms with Crippen LogP contribution in [-0.4, -0.2) is 5.91 Å². The summed E-state index contributed by atoms with van der Waals surface area (Å²) >= 11 is 9.14. The molecule has 20 heavy (non-hydrogen) atoms. The standard InChI is InChI=1S/C16H15BrClNO/c1-11-8-14(17)6-7-15(11)16(20)19-10-13-4-2-12(9-18)3-5-13/h2-8H,9-10H2,1H3,(H,19,20). The molecule has 0 atom stereocenters. The van der Waals surface area contributed by atoms with E-state index in [1.54, 1.807) is 0 Å². The molecule has 0 saturated carbocycles. The highest BCUT2D eigenvalue weighted by Gasteiger charge is 2.08. The summed E-state index contributed by atoms with van der Waals surface area (Å²) < 4.78 is 0.975. The van der Waals surface area contributed by atoms with Gasteiger partial charge in [-0.15, -0.1) is 11.6 Å². The van der Waals surface area contributed by atoms with Gasteiger partial charge in [0.15, 0.2) is 0 Å². The summed E-state index contributed by atoms with van der Waals surface area (Å²) in [5.74, 6) is 0.446. The van der Waals surface area contributed by atoms with Crippen molar-refractivity contribution in [3.8, 4) is 0 Å². The monoisotopic (exact) mass is 351 g/mol. The van der Waals surface area contributed by atoms with E-state index in [1.807, 2.05) is 49.4 Å². The SMILES string of the molecule is Cc1cc(Br)ccc1C(=O)NCc1ccc(CCl)cc1. The third-order valence-corrected chi connectivity index (χ3v) is 3.87. The highest BCUT2D eigenvalue weighted by Crippen LogP contribution is 2.16. The second-order valence-electron chi connectivity index (χ2n) is 4.59. The van der Waals surface area contributed by atoms with Gasteiger partial charge in [-0.3, -0.25) is 4.79 Å². The molecule has 0 spiro atoms. The quantitative estimate of drug-likeness (QED) is 0.811. The fourth-order valence-corrected chi connectivity index (χ4v) is 2.56. The second-order valence-corrected chi connectivity index (χ2v) is 5.77. The molecule has 0 aliphatic carbocycles. The molecule has 4 heteroatoms. The van der Waals surface area contributed by atoms with Crippen molar-refractivity contribution < 1.29 is 4.79 Å². The normalized spacial score (nSPS) is 10.3. The summed E-state index contributed by atoms with van der Waals surface area (Å²) in [4.78, 5) is 12.1. The summed E-state index contributed by atoms with van der Waals surface area (Å²) in [5.41, 5.74) is 3.78. The fourth-order valence-electron chi connectivity index (χ4n) is 1.91. The Hall–Kier alpha value is -1.32. The highest BCUT2D eigenvalue weighted by molar-refractivity contribution is 9.10. The van der Waals surface area contributed by atoms with Gasteiger partial charge in [0.05, 0.1) is 0 Å². The first kappa shape index (κ1) is 15.1. The van der Waals surface area contributed by atoms with Gasteiger partial charge < -0.3 is 5.32 Å². The van der Waals surface area contributed by atoms with Crippen molar-refractivity contribution in [1.82, 2.24) is 5.32 Å². The molecule has 0 heterocycles. The Labute approximate surface area is 132 Å². The van der Waals surface area contributed by atoms with E-state index < -0.39 is 0 Å². The average molecular weight is 353 g/mol. The van der Waals surface area contributed by atoms with Crippen LogP contribution in [0.15, 0.2) is 46.9 Å². The van der Waals surface area contributed by atoms with Gasteiger partial charge in [-0.1, -0.05) is 40.2 Å². The number of hydrogen-bond acceptors (Lipinski definition) is 1. The van der Waals surface area contributed by atoms with Crippen LogP contribution in [0, 0.1) is 6.92 Å². The van der Waals surface area contributed by atoms with E-state index in [0.717, 1.165) is 21.2 Å². The van der Waals surface area contributed by atoms with E-state index >= 15 is 0 Å². The van der Waals surface area contributed by atoms with Crippen LogP contribution in [0.3, 0.4) is 0 Å². The molecular weight excluding hydrogens is 338 g/mol. The summed E-state index contributed by atoms with van der Waals surface area (Å²) in [6, 6.07) is 13.5. The zero-order valence-electron chi connectivity index (χ0n) is 11.1. The lowest BCUT2D eigenvalue weighted by atomic mass is 10.1. The summed E-state index contributed by atoms with van der Waals surface area (Å²) in [6.07, 6.45) is 0. The molecule has 2 nitrogen and oxygen atoms in total. The van der Waals surface area contributed by atoms with Crippen LogP contribution in [0.25, 0.3) is 0 Å². The number of halogens is 2. The average Bonchev–Trinajstić information content (AvgIpc) is 2.45. The van der Waals surface area contributed by atoms with Gasteiger partial charge in [0.2, 0.25) is 0 Å². The smallest absolute Gasteiger partial charge is 0.251 e. The maximum absolute atomic E-state index is 12.1. The fraction of sp³-hybridized carbons (Fsp3) is 0.188. The van der Waals surface area contributed by atoms with Crippen LogP contribution in [0.5, 0.6) is 0 Å². The van der Waals surface area contributed by atoms with E-state index in [9.17, 15) is 4.79 Å². The molecule has 0 aliphatic heterocycles. The number of rotatable bonds is 4. The van der Waals surface area contributed by atoms with Gasteiger partial charge in [-0.25, -0.2) is 0 Å². The lowest BCUT2D eigenvalue weighted by molar-refractivity contribution is 0.0950. The van der Waals surface area contributed by atoms with Crippen LogP contribution in [-0.2, 0) is 12.4 Å². The second kappa shape index (κ2) is 6.91. The van der Waals surface area contributed by atoms with Gasteiger partial charge in [0.25, 0.3) is 5.91 Å². The maximum atomic E-state index is 12.1. The van der Waals surface area contributed by atoms with Crippen LogP contribution in [0.2, 0.25) is 0 Å². The van der Waals surface area contributed by atoms with Crippen LogP contribution >= 0.6 is 27.5 Å². The van der Waals surface area contributed by atoms with Crippen molar-refractivity contribution in [2.75, 3.05) is 0 Å². The number of alkyl halides is 1. The molecule has 0 aliphatic rings. The predicted molar refractivity (Wildman–Crippen MR) is 86.0 cm³/mol. The van der Waals surface area contributed by atoms with Crippen molar-refractivity contribution >= 4 is 33.4 Å². The molecule has 1 amide bonds. The molecular formula is C16H15BrClNO. The van der Waals surface area contributed by atoms with E-state index in [1.165, 1.54) is 0 Å². The van der Waals surface area contributed by atoms with E-state index in [2.05, 4.69) is 21.2 Å². The minimum absolute atomic E-state index is 0.0589. The molecule has 0 fully saturated rings. The Morgan fingerprint density at radius 2 is 1.80 bits per heavy atom. The lowest BCUT2D eigenvalue weighted by Crippen LogP contribution is -2.23. The van der Waals surface area contributed by atoms with Crippen molar-refractivity contribution in [2.24, 2.45) is 0 Å². The molecule has 2 aromatic carbocycles. The first-order valence-corrected chi connectivity index (χ1v) is 7.61. The topological polar surface area (TPSA) is 29.1 Å². The van der Waals surface area contributed by atoms with Crippen molar-refractivity contribution in [3.63, 3.8) is 0 Å². The van der Waals surface area contributed by atoms with Crippen molar-refractivity contribution in [3.05, 3.63) is 69.2 Å². The Morgan fingerprint density at radius 3 is 2.40 bits per heavy atom. The number of amides is 1. The molecule has 0 radical (unpaired) electrons. The summed E-state index contributed by atoms with van der Waals surface area (Å²) in [7, 11) is 0. The summed E-state index contributed by atoms with van der Waals surface area (Å²) in [5, 5.41) is 2.93. The largest absolute Gasteiger partial charge is 0.348 e. The molecule has 0 bridgehead atoms. The number of carbonyl (C=O) groups excluding carboxylic acids is 1. The maximum Gasteiger partial charge on any atom is 0.251 e. The molecule has 0 unspecified atom stereocenters. The molecule has 0 aromatic heterocycles. The van der Waals surface area contributed by atoms with Crippen LogP contribution < -0.4 is 5.32 Å². The zero-order chi connectivity index (χ0) is 14.5. The Morgan fingerprint density at radius 1 is 1.15 bits per heavy atom. The van der Waals surface area contributed by atoms with Gasteiger partial charge in [-0.05, 0) is 41.8 Å². The van der Waals surface area contributed by atoms with Gasteiger partial charge in [0.1, 0.15) is 0 Å². The lowest BCUT2D eigenvalue weighted by Gasteiger charge is -2.08. The molecule has 104 valence electrons. The third kappa shape index (κ3) is 3.84. The predicted octanol–water partition coefficient (Wildman–Crippen LogP) is 4.43. The molecule has 2 rings (SSSR count). The van der Waals surface area contributed by atoms with Crippen molar-refractivity contribution in [2.45, 2.75) is 19.3 Å².